The number of rotatable bonds is 4. The van der Waals surface area contributed by atoms with Gasteiger partial charge in [-0.3, -0.25) is 0 Å². The average Bonchev–Trinajstić information content (AvgIpc) is 2.27. The minimum Gasteiger partial charge on any atom is -0.384 e. The first-order valence-corrected chi connectivity index (χ1v) is 5.32. The maximum atomic E-state index is 12.5. The normalized spacial score (nSPS) is 12.6. The molecule has 108 valence electrons. The van der Waals surface area contributed by atoms with E-state index in [4.69, 9.17) is 0 Å². The molecule has 0 spiro atoms. The Bertz CT molecular complexity index is 392. The monoisotopic (exact) mass is 286 g/mol. The molecular formula is C11H12F6N2. The molecule has 0 aromatic heterocycles. The standard InChI is InChI=1S/C11H12F6N2/c1-18-2-3-19-9-5-7(10(12,13)14)4-8(6-9)11(15,16)17/h4-6,18-19H,2-3H2,1H3. The first-order valence-electron chi connectivity index (χ1n) is 5.32. The Morgan fingerprint density at radius 3 is 1.68 bits per heavy atom. The molecule has 0 heterocycles. The average molecular weight is 286 g/mol. The molecule has 1 aromatic carbocycles. The van der Waals surface area contributed by atoms with Crippen LogP contribution in [0.4, 0.5) is 32.0 Å². The molecule has 2 N–H and O–H groups in total. The number of hydrogen-bond donors (Lipinski definition) is 2. The highest BCUT2D eigenvalue weighted by atomic mass is 19.4. The zero-order valence-electron chi connectivity index (χ0n) is 9.91. The van der Waals surface area contributed by atoms with E-state index in [0.717, 1.165) is 0 Å². The lowest BCUT2D eigenvalue weighted by molar-refractivity contribution is -0.143. The second-order valence-corrected chi connectivity index (χ2v) is 3.82. The third-order valence-corrected chi connectivity index (χ3v) is 2.29. The van der Waals surface area contributed by atoms with Gasteiger partial charge < -0.3 is 10.6 Å². The summed E-state index contributed by atoms with van der Waals surface area (Å²) in [7, 11) is 1.62. The van der Waals surface area contributed by atoms with E-state index < -0.39 is 23.5 Å². The van der Waals surface area contributed by atoms with Gasteiger partial charge in [-0.1, -0.05) is 0 Å². The first kappa shape index (κ1) is 15.6. The van der Waals surface area contributed by atoms with E-state index in [2.05, 4.69) is 10.6 Å². The molecule has 0 aliphatic rings. The Kier molecular flexibility index (Phi) is 4.67. The molecule has 0 fully saturated rings. The number of alkyl halides is 6. The van der Waals surface area contributed by atoms with Crippen molar-refractivity contribution >= 4 is 5.69 Å². The zero-order valence-corrected chi connectivity index (χ0v) is 9.91. The van der Waals surface area contributed by atoms with Crippen molar-refractivity contribution in [3.05, 3.63) is 29.3 Å². The summed E-state index contributed by atoms with van der Waals surface area (Å²) in [6.07, 6.45) is -9.64. The second kappa shape index (κ2) is 5.68. The second-order valence-electron chi connectivity index (χ2n) is 3.82. The van der Waals surface area contributed by atoms with Crippen molar-refractivity contribution in [1.29, 1.82) is 0 Å². The van der Waals surface area contributed by atoms with Crippen LogP contribution in [0, 0.1) is 0 Å². The summed E-state index contributed by atoms with van der Waals surface area (Å²) in [5.41, 5.74) is -2.86. The number of benzene rings is 1. The van der Waals surface area contributed by atoms with Crippen molar-refractivity contribution in [2.75, 3.05) is 25.5 Å². The van der Waals surface area contributed by atoms with Gasteiger partial charge in [0.05, 0.1) is 11.1 Å². The fourth-order valence-corrected chi connectivity index (χ4v) is 1.39. The molecule has 0 bridgehead atoms. The highest BCUT2D eigenvalue weighted by molar-refractivity contribution is 5.50. The van der Waals surface area contributed by atoms with Gasteiger partial charge in [0.2, 0.25) is 0 Å². The predicted molar refractivity (Wildman–Crippen MR) is 58.9 cm³/mol. The molecule has 8 heteroatoms. The Hall–Kier alpha value is -1.44. The quantitative estimate of drug-likeness (QED) is 0.655. The van der Waals surface area contributed by atoms with E-state index in [-0.39, 0.29) is 18.3 Å². The highest BCUT2D eigenvalue weighted by Gasteiger charge is 2.36. The lowest BCUT2D eigenvalue weighted by Crippen LogP contribution is -2.18. The minimum absolute atomic E-state index is 0.100. The number of halogens is 6. The molecule has 0 saturated heterocycles. The van der Waals surface area contributed by atoms with Gasteiger partial charge in [-0.2, -0.15) is 26.3 Å². The molecular weight excluding hydrogens is 274 g/mol. The van der Waals surface area contributed by atoms with Gasteiger partial charge in [0.25, 0.3) is 0 Å². The summed E-state index contributed by atoms with van der Waals surface area (Å²) in [4.78, 5) is 0. The van der Waals surface area contributed by atoms with E-state index in [1.165, 1.54) is 0 Å². The van der Waals surface area contributed by atoms with Gasteiger partial charge in [-0.15, -0.1) is 0 Å². The highest BCUT2D eigenvalue weighted by Crippen LogP contribution is 2.37. The molecule has 0 aliphatic carbocycles. The van der Waals surface area contributed by atoms with Crippen molar-refractivity contribution in [2.24, 2.45) is 0 Å². The Labute approximate surface area is 105 Å². The Morgan fingerprint density at radius 2 is 1.32 bits per heavy atom. The Morgan fingerprint density at radius 1 is 0.842 bits per heavy atom. The molecule has 0 amide bonds. The molecule has 1 rings (SSSR count). The SMILES string of the molecule is CNCCNc1cc(C(F)(F)F)cc(C(F)(F)F)c1. The number of hydrogen-bond acceptors (Lipinski definition) is 2. The third-order valence-electron chi connectivity index (χ3n) is 2.29. The van der Waals surface area contributed by atoms with E-state index in [9.17, 15) is 26.3 Å². The minimum atomic E-state index is -4.82. The zero-order chi connectivity index (χ0) is 14.7. The molecule has 19 heavy (non-hydrogen) atoms. The van der Waals surface area contributed by atoms with Crippen molar-refractivity contribution in [3.63, 3.8) is 0 Å². The van der Waals surface area contributed by atoms with Crippen molar-refractivity contribution in [2.45, 2.75) is 12.4 Å². The van der Waals surface area contributed by atoms with Crippen LogP contribution in [0.1, 0.15) is 11.1 Å². The molecule has 0 unspecified atom stereocenters. The maximum Gasteiger partial charge on any atom is 0.416 e. The molecule has 2 nitrogen and oxygen atoms in total. The van der Waals surface area contributed by atoms with Gasteiger partial charge in [-0.25, -0.2) is 0 Å². The Balaban J connectivity index is 3.10. The van der Waals surface area contributed by atoms with Gasteiger partial charge in [0.15, 0.2) is 0 Å². The van der Waals surface area contributed by atoms with Crippen LogP contribution in [-0.4, -0.2) is 20.1 Å². The summed E-state index contributed by atoms with van der Waals surface area (Å²) in [5, 5.41) is 5.23. The van der Waals surface area contributed by atoms with Crippen LogP contribution in [0.5, 0.6) is 0 Å². The summed E-state index contributed by atoms with van der Waals surface area (Å²) in [5.74, 6) is 0. The smallest absolute Gasteiger partial charge is 0.384 e. The number of nitrogens with one attached hydrogen (secondary N) is 2. The summed E-state index contributed by atoms with van der Waals surface area (Å²) >= 11 is 0. The first-order chi connectivity index (χ1) is 8.64. The molecule has 0 saturated carbocycles. The largest absolute Gasteiger partial charge is 0.416 e. The van der Waals surface area contributed by atoms with E-state index in [0.29, 0.717) is 18.7 Å². The van der Waals surface area contributed by atoms with Gasteiger partial charge in [-0.05, 0) is 25.2 Å². The number of anilines is 1. The van der Waals surface area contributed by atoms with Crippen molar-refractivity contribution in [3.8, 4) is 0 Å². The lowest BCUT2D eigenvalue weighted by atomic mass is 10.1. The van der Waals surface area contributed by atoms with Crippen LogP contribution in [0.25, 0.3) is 0 Å². The van der Waals surface area contributed by atoms with E-state index >= 15 is 0 Å². The van der Waals surface area contributed by atoms with Gasteiger partial charge in [0.1, 0.15) is 0 Å². The molecule has 1 aromatic rings. The predicted octanol–water partition coefficient (Wildman–Crippen LogP) is 3.36. The van der Waals surface area contributed by atoms with E-state index in [1.807, 2.05) is 0 Å². The van der Waals surface area contributed by atoms with E-state index in [1.54, 1.807) is 7.05 Å². The topological polar surface area (TPSA) is 24.1 Å². The van der Waals surface area contributed by atoms with Gasteiger partial charge >= 0.3 is 12.4 Å². The van der Waals surface area contributed by atoms with Gasteiger partial charge in [0, 0.05) is 18.8 Å². The van der Waals surface area contributed by atoms with Crippen LogP contribution in [0.2, 0.25) is 0 Å². The van der Waals surface area contributed by atoms with Crippen LogP contribution in [-0.2, 0) is 12.4 Å². The summed E-state index contributed by atoms with van der Waals surface area (Å²) in [6.45, 7) is 0.632. The van der Waals surface area contributed by atoms with Crippen molar-refractivity contribution in [1.82, 2.24) is 5.32 Å². The summed E-state index contributed by atoms with van der Waals surface area (Å²) in [6, 6.07) is 1.42. The molecule has 0 aliphatic heterocycles. The summed E-state index contributed by atoms with van der Waals surface area (Å²) < 4.78 is 75.1. The van der Waals surface area contributed by atoms with Crippen molar-refractivity contribution < 1.29 is 26.3 Å². The fraction of sp³-hybridized carbons (Fsp3) is 0.455. The fourth-order valence-electron chi connectivity index (χ4n) is 1.39. The molecule has 0 radical (unpaired) electrons. The lowest BCUT2D eigenvalue weighted by Gasteiger charge is -2.15. The van der Waals surface area contributed by atoms with Crippen LogP contribution in [0.15, 0.2) is 18.2 Å². The van der Waals surface area contributed by atoms with Crippen LogP contribution >= 0.6 is 0 Å². The maximum absolute atomic E-state index is 12.5. The number of likely N-dealkylation sites (N-methyl/N-ethyl adjacent to an activating group) is 1. The van der Waals surface area contributed by atoms with Crippen LogP contribution < -0.4 is 10.6 Å². The molecule has 0 atom stereocenters. The third kappa shape index (κ3) is 4.62. The van der Waals surface area contributed by atoms with Crippen LogP contribution in [0.3, 0.4) is 0 Å².